The minimum Gasteiger partial charge on any atom is -0.481 e. The van der Waals surface area contributed by atoms with Crippen LogP contribution >= 0.6 is 0 Å². The van der Waals surface area contributed by atoms with Gasteiger partial charge in [-0.05, 0) is 49.1 Å². The van der Waals surface area contributed by atoms with Gasteiger partial charge in [0, 0.05) is 36.9 Å². The average Bonchev–Trinajstić information content (AvgIpc) is 2.62. The minimum absolute atomic E-state index is 0.179. The summed E-state index contributed by atoms with van der Waals surface area (Å²) in [6.45, 7) is 2.11. The fourth-order valence-corrected chi connectivity index (χ4v) is 3.22. The standard InChI is InChI=1S/C20H24N2O2/c23-20(24)10-9-16-5-4-6-18(15-16)21-17-11-13-22(14-12-17)19-7-2-1-3-8-19/h1-8,15,17,21H,9-14H2,(H,23,24). The van der Waals surface area contributed by atoms with Gasteiger partial charge >= 0.3 is 5.97 Å². The number of carboxylic acid groups (broad SMARTS) is 1. The summed E-state index contributed by atoms with van der Waals surface area (Å²) in [5, 5.41) is 12.4. The highest BCUT2D eigenvalue weighted by atomic mass is 16.4. The second-order valence-corrected chi connectivity index (χ2v) is 6.34. The van der Waals surface area contributed by atoms with Gasteiger partial charge in [-0.1, -0.05) is 30.3 Å². The van der Waals surface area contributed by atoms with Crippen molar-refractivity contribution in [3.8, 4) is 0 Å². The number of para-hydroxylation sites is 1. The molecule has 2 N–H and O–H groups in total. The molecule has 4 nitrogen and oxygen atoms in total. The summed E-state index contributed by atoms with van der Waals surface area (Å²) in [5.74, 6) is -0.748. The van der Waals surface area contributed by atoms with Crippen LogP contribution in [0.4, 0.5) is 11.4 Å². The van der Waals surface area contributed by atoms with E-state index < -0.39 is 5.97 Å². The van der Waals surface area contributed by atoms with E-state index in [9.17, 15) is 4.79 Å². The van der Waals surface area contributed by atoms with Crippen molar-refractivity contribution in [1.82, 2.24) is 0 Å². The molecule has 126 valence electrons. The van der Waals surface area contributed by atoms with Gasteiger partial charge in [0.15, 0.2) is 0 Å². The third kappa shape index (κ3) is 4.51. The van der Waals surface area contributed by atoms with Gasteiger partial charge in [0.25, 0.3) is 0 Å². The van der Waals surface area contributed by atoms with Crippen LogP contribution in [-0.2, 0) is 11.2 Å². The van der Waals surface area contributed by atoms with E-state index in [0.29, 0.717) is 12.5 Å². The topological polar surface area (TPSA) is 52.6 Å². The van der Waals surface area contributed by atoms with Crippen molar-refractivity contribution in [3.05, 3.63) is 60.2 Å². The molecule has 0 unspecified atom stereocenters. The number of carboxylic acids is 1. The third-order valence-electron chi connectivity index (χ3n) is 4.54. The van der Waals surface area contributed by atoms with Crippen LogP contribution in [0.2, 0.25) is 0 Å². The van der Waals surface area contributed by atoms with Gasteiger partial charge in [-0.25, -0.2) is 0 Å². The molecule has 0 atom stereocenters. The first-order chi connectivity index (χ1) is 11.7. The number of hydrogen-bond donors (Lipinski definition) is 2. The monoisotopic (exact) mass is 324 g/mol. The second kappa shape index (κ2) is 7.86. The van der Waals surface area contributed by atoms with E-state index in [1.807, 2.05) is 12.1 Å². The summed E-state index contributed by atoms with van der Waals surface area (Å²) in [7, 11) is 0. The van der Waals surface area contributed by atoms with Crippen LogP contribution in [-0.4, -0.2) is 30.2 Å². The largest absolute Gasteiger partial charge is 0.481 e. The van der Waals surface area contributed by atoms with E-state index in [1.165, 1.54) is 5.69 Å². The summed E-state index contributed by atoms with van der Waals surface area (Å²) in [5.41, 5.74) is 3.46. The van der Waals surface area contributed by atoms with E-state index in [0.717, 1.165) is 37.2 Å². The molecule has 2 aromatic rings. The lowest BCUT2D eigenvalue weighted by Crippen LogP contribution is -2.39. The molecule has 1 heterocycles. The molecule has 0 bridgehead atoms. The third-order valence-corrected chi connectivity index (χ3v) is 4.54. The quantitative estimate of drug-likeness (QED) is 0.849. The zero-order chi connectivity index (χ0) is 16.8. The number of nitrogens with zero attached hydrogens (tertiary/aromatic N) is 1. The van der Waals surface area contributed by atoms with Crippen molar-refractivity contribution in [3.63, 3.8) is 0 Å². The first kappa shape index (κ1) is 16.4. The normalized spacial score (nSPS) is 15.2. The van der Waals surface area contributed by atoms with Crippen molar-refractivity contribution in [2.24, 2.45) is 0 Å². The lowest BCUT2D eigenvalue weighted by molar-refractivity contribution is -0.136. The molecule has 0 saturated carbocycles. The Bertz CT molecular complexity index is 664. The van der Waals surface area contributed by atoms with E-state index in [1.54, 1.807) is 0 Å². The SMILES string of the molecule is O=C(O)CCc1cccc(NC2CCN(c3ccccc3)CC2)c1. The zero-order valence-electron chi connectivity index (χ0n) is 13.8. The highest BCUT2D eigenvalue weighted by Crippen LogP contribution is 2.22. The first-order valence-electron chi connectivity index (χ1n) is 8.58. The Labute approximate surface area is 143 Å². The Hall–Kier alpha value is -2.49. The molecule has 1 saturated heterocycles. The number of aryl methyl sites for hydroxylation is 1. The Morgan fingerprint density at radius 3 is 2.54 bits per heavy atom. The lowest BCUT2D eigenvalue weighted by Gasteiger charge is -2.34. The zero-order valence-corrected chi connectivity index (χ0v) is 13.8. The van der Waals surface area contributed by atoms with E-state index in [-0.39, 0.29) is 6.42 Å². The van der Waals surface area contributed by atoms with Crippen molar-refractivity contribution in [1.29, 1.82) is 0 Å². The van der Waals surface area contributed by atoms with E-state index >= 15 is 0 Å². The molecule has 3 rings (SSSR count). The van der Waals surface area contributed by atoms with Crippen molar-refractivity contribution in [2.75, 3.05) is 23.3 Å². The summed E-state index contributed by atoms with van der Waals surface area (Å²) in [6.07, 6.45) is 2.97. The predicted molar refractivity (Wildman–Crippen MR) is 97.7 cm³/mol. The molecular formula is C20H24N2O2. The Kier molecular flexibility index (Phi) is 5.36. The molecule has 0 radical (unpaired) electrons. The minimum atomic E-state index is -0.748. The molecule has 0 aromatic heterocycles. The fraction of sp³-hybridized carbons (Fsp3) is 0.350. The molecule has 24 heavy (non-hydrogen) atoms. The van der Waals surface area contributed by atoms with Crippen molar-refractivity contribution < 1.29 is 9.90 Å². The van der Waals surface area contributed by atoms with Gasteiger partial charge in [-0.2, -0.15) is 0 Å². The fourth-order valence-electron chi connectivity index (χ4n) is 3.22. The second-order valence-electron chi connectivity index (χ2n) is 6.34. The summed E-state index contributed by atoms with van der Waals surface area (Å²) < 4.78 is 0. The van der Waals surface area contributed by atoms with E-state index in [2.05, 4.69) is 52.7 Å². The number of carbonyl (C=O) groups is 1. The molecule has 0 spiro atoms. The number of aliphatic carboxylic acids is 1. The van der Waals surface area contributed by atoms with Gasteiger partial charge < -0.3 is 15.3 Å². The molecule has 1 aliphatic heterocycles. The number of anilines is 2. The van der Waals surface area contributed by atoms with Gasteiger partial charge in [0.2, 0.25) is 0 Å². The van der Waals surface area contributed by atoms with Crippen molar-refractivity contribution in [2.45, 2.75) is 31.7 Å². The average molecular weight is 324 g/mol. The summed E-state index contributed by atoms with van der Waals surface area (Å²) >= 11 is 0. The lowest BCUT2D eigenvalue weighted by atomic mass is 10.0. The van der Waals surface area contributed by atoms with Crippen LogP contribution in [0, 0.1) is 0 Å². The molecule has 2 aromatic carbocycles. The first-order valence-corrected chi connectivity index (χ1v) is 8.58. The highest BCUT2D eigenvalue weighted by molar-refractivity contribution is 5.67. The molecule has 0 aliphatic carbocycles. The molecule has 0 amide bonds. The Morgan fingerprint density at radius 1 is 1.08 bits per heavy atom. The molecule has 4 heteroatoms. The molecule has 1 aliphatic rings. The number of hydrogen-bond acceptors (Lipinski definition) is 3. The number of benzene rings is 2. The summed E-state index contributed by atoms with van der Waals surface area (Å²) in [6, 6.07) is 19.2. The van der Waals surface area contributed by atoms with Crippen LogP contribution < -0.4 is 10.2 Å². The van der Waals surface area contributed by atoms with Gasteiger partial charge in [0.05, 0.1) is 0 Å². The van der Waals surface area contributed by atoms with Crippen LogP contribution in [0.3, 0.4) is 0 Å². The smallest absolute Gasteiger partial charge is 0.303 e. The van der Waals surface area contributed by atoms with Crippen LogP contribution in [0.1, 0.15) is 24.8 Å². The number of piperidine rings is 1. The van der Waals surface area contributed by atoms with Gasteiger partial charge in [-0.15, -0.1) is 0 Å². The number of rotatable bonds is 6. The van der Waals surface area contributed by atoms with Gasteiger partial charge in [-0.3, -0.25) is 4.79 Å². The van der Waals surface area contributed by atoms with Crippen LogP contribution in [0.25, 0.3) is 0 Å². The molecule has 1 fully saturated rings. The van der Waals surface area contributed by atoms with Gasteiger partial charge in [0.1, 0.15) is 0 Å². The predicted octanol–water partition coefficient (Wildman–Crippen LogP) is 3.78. The maximum Gasteiger partial charge on any atom is 0.303 e. The van der Waals surface area contributed by atoms with Crippen LogP contribution in [0.15, 0.2) is 54.6 Å². The highest BCUT2D eigenvalue weighted by Gasteiger charge is 2.19. The summed E-state index contributed by atoms with van der Waals surface area (Å²) in [4.78, 5) is 13.1. The Morgan fingerprint density at radius 2 is 1.83 bits per heavy atom. The maximum atomic E-state index is 10.7. The Balaban J connectivity index is 1.52. The maximum absolute atomic E-state index is 10.7. The molecular weight excluding hydrogens is 300 g/mol. The van der Waals surface area contributed by atoms with Crippen LogP contribution in [0.5, 0.6) is 0 Å². The number of nitrogens with one attached hydrogen (secondary N) is 1. The van der Waals surface area contributed by atoms with Crippen molar-refractivity contribution >= 4 is 17.3 Å². The van der Waals surface area contributed by atoms with E-state index in [4.69, 9.17) is 5.11 Å².